The standard InChI is InChI=1S/C11H14F3N3O2S/c1-20(18,19)17-7-5-16(6-8-17)10-9(11(12,13)14)3-2-4-15-10/h2-4H,5-8H2,1H3/p+1. The van der Waals surface area contributed by atoms with Crippen LogP contribution in [-0.2, 0) is 16.2 Å². The average molecular weight is 310 g/mol. The van der Waals surface area contributed by atoms with E-state index in [1.54, 1.807) is 0 Å². The van der Waals surface area contributed by atoms with Gasteiger partial charge in [-0.25, -0.2) is 13.4 Å². The van der Waals surface area contributed by atoms with Crippen molar-refractivity contribution >= 4 is 15.8 Å². The summed E-state index contributed by atoms with van der Waals surface area (Å²) < 4.78 is 62.8. The number of pyridine rings is 1. The molecule has 9 heteroatoms. The lowest BCUT2D eigenvalue weighted by molar-refractivity contribution is -0.367. The molecule has 1 aromatic rings. The molecule has 2 heterocycles. The molecule has 1 N–H and O–H groups in total. The van der Waals surface area contributed by atoms with Crippen LogP contribution in [0, 0.1) is 0 Å². The van der Waals surface area contributed by atoms with E-state index < -0.39 is 21.8 Å². The Morgan fingerprint density at radius 1 is 1.20 bits per heavy atom. The van der Waals surface area contributed by atoms with Crippen molar-refractivity contribution in [1.82, 2.24) is 4.31 Å². The second-order valence-electron chi connectivity index (χ2n) is 4.58. The molecule has 0 radical (unpaired) electrons. The predicted octanol–water partition coefficient (Wildman–Crippen LogP) is 0.601. The third-order valence-corrected chi connectivity index (χ3v) is 4.47. The molecule has 0 aromatic carbocycles. The van der Waals surface area contributed by atoms with Crippen LogP contribution < -0.4 is 9.88 Å². The number of aromatic amines is 1. The largest absolute Gasteiger partial charge is 0.424 e. The van der Waals surface area contributed by atoms with Crippen LogP contribution in [0.5, 0.6) is 0 Å². The van der Waals surface area contributed by atoms with Crippen molar-refractivity contribution in [3.63, 3.8) is 0 Å². The maximum atomic E-state index is 12.9. The number of aromatic nitrogens is 1. The Morgan fingerprint density at radius 2 is 1.80 bits per heavy atom. The SMILES string of the molecule is CS(=O)(=O)N1CCN(c2[nH+]cccc2C(F)(F)F)CC1. The molecule has 5 nitrogen and oxygen atoms in total. The highest BCUT2D eigenvalue weighted by Gasteiger charge is 2.40. The molecule has 0 spiro atoms. The van der Waals surface area contributed by atoms with Crippen molar-refractivity contribution in [3.8, 4) is 0 Å². The van der Waals surface area contributed by atoms with E-state index in [1.807, 2.05) is 0 Å². The van der Waals surface area contributed by atoms with E-state index in [0.29, 0.717) is 0 Å². The number of piperazine rings is 1. The highest BCUT2D eigenvalue weighted by Crippen LogP contribution is 2.34. The molecule has 0 bridgehead atoms. The first-order valence-corrected chi connectivity index (χ1v) is 7.82. The van der Waals surface area contributed by atoms with Gasteiger partial charge in [-0.2, -0.15) is 17.5 Å². The molecule has 0 aliphatic carbocycles. The molecular weight excluding hydrogens is 295 g/mol. The van der Waals surface area contributed by atoms with Gasteiger partial charge < -0.3 is 0 Å². The van der Waals surface area contributed by atoms with E-state index in [-0.39, 0.29) is 32.0 Å². The number of rotatable bonds is 2. The van der Waals surface area contributed by atoms with Gasteiger partial charge in [0.15, 0.2) is 0 Å². The van der Waals surface area contributed by atoms with Crippen LogP contribution in [-0.4, -0.2) is 45.2 Å². The summed E-state index contributed by atoms with van der Waals surface area (Å²) in [6.45, 7) is 0.797. The van der Waals surface area contributed by atoms with Gasteiger partial charge in [-0.05, 0) is 12.1 Å². The van der Waals surface area contributed by atoms with Gasteiger partial charge in [-0.1, -0.05) is 0 Å². The number of hydrogen-bond donors (Lipinski definition) is 0. The molecule has 0 saturated carbocycles. The average Bonchev–Trinajstić information content (AvgIpc) is 2.37. The van der Waals surface area contributed by atoms with Crippen LogP contribution in [0.25, 0.3) is 0 Å². The fourth-order valence-corrected chi connectivity index (χ4v) is 2.99. The summed E-state index contributed by atoms with van der Waals surface area (Å²) in [5.41, 5.74) is -0.743. The normalized spacial score (nSPS) is 18.3. The number of nitrogens with zero attached hydrogens (tertiary/aromatic N) is 2. The van der Waals surface area contributed by atoms with Crippen LogP contribution in [0.4, 0.5) is 19.0 Å². The number of nitrogens with one attached hydrogen (secondary N) is 1. The first kappa shape index (κ1) is 15.0. The number of hydrogen-bond acceptors (Lipinski definition) is 3. The fraction of sp³-hybridized carbons (Fsp3) is 0.545. The molecule has 20 heavy (non-hydrogen) atoms. The Bertz CT molecular complexity index is 581. The van der Waals surface area contributed by atoms with Crippen molar-refractivity contribution in [3.05, 3.63) is 23.9 Å². The molecule has 1 aliphatic heterocycles. The lowest BCUT2D eigenvalue weighted by Gasteiger charge is -2.30. The first-order chi connectivity index (χ1) is 9.19. The summed E-state index contributed by atoms with van der Waals surface area (Å²) in [7, 11) is -3.30. The predicted molar refractivity (Wildman–Crippen MR) is 66.6 cm³/mol. The molecule has 2 rings (SSSR count). The van der Waals surface area contributed by atoms with Crippen LogP contribution >= 0.6 is 0 Å². The number of alkyl halides is 3. The quantitative estimate of drug-likeness (QED) is 0.804. The van der Waals surface area contributed by atoms with E-state index in [2.05, 4.69) is 4.98 Å². The highest BCUT2D eigenvalue weighted by atomic mass is 32.2. The van der Waals surface area contributed by atoms with Crippen molar-refractivity contribution < 1.29 is 26.6 Å². The molecule has 1 aromatic heterocycles. The minimum Gasteiger partial charge on any atom is -0.259 e. The van der Waals surface area contributed by atoms with Gasteiger partial charge in [-0.3, -0.25) is 4.90 Å². The van der Waals surface area contributed by atoms with Crippen LogP contribution in [0.3, 0.4) is 0 Å². The lowest BCUT2D eigenvalue weighted by atomic mass is 10.2. The third-order valence-electron chi connectivity index (χ3n) is 3.16. The summed E-state index contributed by atoms with van der Waals surface area (Å²) in [6, 6.07) is 2.30. The highest BCUT2D eigenvalue weighted by molar-refractivity contribution is 7.88. The first-order valence-electron chi connectivity index (χ1n) is 5.97. The maximum absolute atomic E-state index is 12.9. The Morgan fingerprint density at radius 3 is 2.30 bits per heavy atom. The smallest absolute Gasteiger partial charge is 0.259 e. The van der Waals surface area contributed by atoms with Gasteiger partial charge in [0.25, 0.3) is 5.82 Å². The lowest BCUT2D eigenvalue weighted by Crippen LogP contribution is -2.50. The summed E-state index contributed by atoms with van der Waals surface area (Å²) in [5, 5.41) is 0. The number of anilines is 1. The number of H-pyrrole nitrogens is 1. The van der Waals surface area contributed by atoms with E-state index in [0.717, 1.165) is 12.3 Å². The molecule has 1 aliphatic rings. The number of halogens is 3. The van der Waals surface area contributed by atoms with Gasteiger partial charge in [0, 0.05) is 0 Å². The van der Waals surface area contributed by atoms with Gasteiger partial charge in [0.2, 0.25) is 10.0 Å². The summed E-state index contributed by atoms with van der Waals surface area (Å²) >= 11 is 0. The minimum absolute atomic E-state index is 0.0202. The molecule has 0 atom stereocenters. The van der Waals surface area contributed by atoms with E-state index >= 15 is 0 Å². The summed E-state index contributed by atoms with van der Waals surface area (Å²) in [5.74, 6) is -0.0202. The Balaban J connectivity index is 2.20. The molecular formula is C11H15F3N3O2S+. The van der Waals surface area contributed by atoms with E-state index in [4.69, 9.17) is 0 Å². The van der Waals surface area contributed by atoms with Crippen LogP contribution in [0.2, 0.25) is 0 Å². The van der Waals surface area contributed by atoms with Gasteiger partial charge in [-0.15, -0.1) is 0 Å². The zero-order valence-electron chi connectivity index (χ0n) is 10.8. The van der Waals surface area contributed by atoms with Crippen molar-refractivity contribution in [2.24, 2.45) is 0 Å². The number of sulfonamides is 1. The van der Waals surface area contributed by atoms with Crippen molar-refractivity contribution in [1.29, 1.82) is 0 Å². The molecule has 0 unspecified atom stereocenters. The second kappa shape index (κ2) is 5.21. The van der Waals surface area contributed by atoms with Gasteiger partial charge in [0.05, 0.1) is 38.6 Å². The van der Waals surface area contributed by atoms with Gasteiger partial charge >= 0.3 is 6.18 Å². The summed E-state index contributed by atoms with van der Waals surface area (Å²) in [6.07, 6.45) is -1.92. The maximum Gasteiger partial charge on any atom is 0.424 e. The summed E-state index contributed by atoms with van der Waals surface area (Å²) in [4.78, 5) is 4.12. The van der Waals surface area contributed by atoms with Crippen molar-refractivity contribution in [2.45, 2.75) is 6.18 Å². The van der Waals surface area contributed by atoms with E-state index in [1.165, 1.54) is 21.5 Å². The second-order valence-corrected chi connectivity index (χ2v) is 6.56. The monoisotopic (exact) mass is 310 g/mol. The zero-order valence-corrected chi connectivity index (χ0v) is 11.6. The zero-order chi connectivity index (χ0) is 15.0. The van der Waals surface area contributed by atoms with E-state index in [9.17, 15) is 21.6 Å². The molecule has 1 fully saturated rings. The topological polar surface area (TPSA) is 54.8 Å². The molecule has 1 saturated heterocycles. The van der Waals surface area contributed by atoms with Crippen molar-refractivity contribution in [2.75, 3.05) is 37.3 Å². The Hall–Kier alpha value is -1.35. The Kier molecular flexibility index (Phi) is 3.92. The fourth-order valence-electron chi connectivity index (χ4n) is 2.16. The van der Waals surface area contributed by atoms with Gasteiger partial charge in [0.1, 0.15) is 5.56 Å². The molecule has 0 amide bonds. The van der Waals surface area contributed by atoms with Crippen LogP contribution in [0.1, 0.15) is 5.56 Å². The van der Waals surface area contributed by atoms with Crippen LogP contribution in [0.15, 0.2) is 18.3 Å². The minimum atomic E-state index is -4.44. The molecule has 112 valence electrons. The Labute approximate surface area is 115 Å². The third kappa shape index (κ3) is 3.21.